The molecule has 0 aromatic carbocycles. The lowest BCUT2D eigenvalue weighted by atomic mass is 10.4. The summed E-state index contributed by atoms with van der Waals surface area (Å²) in [6.07, 6.45) is 4.31. The number of aryl methyl sites for hydroxylation is 1. The minimum absolute atomic E-state index is 0.213. The molecular formula is C9H14N2O2. The standard InChI is InChI=1S/C9H14N2O2/c1-3-8-10-5-6-11(8)7-9(12)13-4-2/h5-6H,3-4,7H2,1-2H3. The predicted octanol–water partition coefficient (Wildman–Crippen LogP) is 1.01. The van der Waals surface area contributed by atoms with Crippen molar-refractivity contribution in [2.24, 2.45) is 0 Å². The number of carbonyl (C=O) groups is 1. The zero-order valence-electron chi connectivity index (χ0n) is 7.99. The molecule has 1 aromatic heterocycles. The van der Waals surface area contributed by atoms with Crippen LogP contribution in [0.3, 0.4) is 0 Å². The fourth-order valence-electron chi connectivity index (χ4n) is 1.14. The first kappa shape index (κ1) is 9.77. The van der Waals surface area contributed by atoms with Crippen molar-refractivity contribution in [1.82, 2.24) is 9.55 Å². The zero-order chi connectivity index (χ0) is 9.68. The van der Waals surface area contributed by atoms with E-state index in [1.54, 1.807) is 23.9 Å². The number of rotatable bonds is 4. The lowest BCUT2D eigenvalue weighted by molar-refractivity contribution is -0.143. The van der Waals surface area contributed by atoms with Crippen molar-refractivity contribution in [1.29, 1.82) is 0 Å². The van der Waals surface area contributed by atoms with Crippen LogP contribution >= 0.6 is 0 Å². The van der Waals surface area contributed by atoms with Crippen LogP contribution in [0.5, 0.6) is 0 Å². The second kappa shape index (κ2) is 4.64. The molecule has 0 fully saturated rings. The van der Waals surface area contributed by atoms with Crippen LogP contribution < -0.4 is 0 Å². The molecule has 0 unspecified atom stereocenters. The Morgan fingerprint density at radius 2 is 2.38 bits per heavy atom. The minimum atomic E-state index is -0.213. The van der Waals surface area contributed by atoms with Crippen molar-refractivity contribution in [3.63, 3.8) is 0 Å². The van der Waals surface area contributed by atoms with Crippen LogP contribution in [-0.4, -0.2) is 22.1 Å². The number of nitrogens with zero attached hydrogens (tertiary/aromatic N) is 2. The topological polar surface area (TPSA) is 44.1 Å². The molecule has 0 aliphatic rings. The monoisotopic (exact) mass is 182 g/mol. The Labute approximate surface area is 77.5 Å². The number of ether oxygens (including phenoxy) is 1. The highest BCUT2D eigenvalue weighted by Crippen LogP contribution is 1.98. The van der Waals surface area contributed by atoms with Crippen molar-refractivity contribution in [2.75, 3.05) is 6.61 Å². The normalized spacial score (nSPS) is 10.0. The molecule has 4 heteroatoms. The van der Waals surface area contributed by atoms with Crippen LogP contribution in [0.1, 0.15) is 19.7 Å². The Hall–Kier alpha value is -1.32. The number of imidazole rings is 1. The van der Waals surface area contributed by atoms with Gasteiger partial charge in [0.2, 0.25) is 0 Å². The summed E-state index contributed by atoms with van der Waals surface area (Å²) in [6, 6.07) is 0. The fraction of sp³-hybridized carbons (Fsp3) is 0.556. The third-order valence-corrected chi connectivity index (χ3v) is 1.72. The second-order valence-corrected chi connectivity index (χ2v) is 2.63. The molecule has 0 saturated heterocycles. The van der Waals surface area contributed by atoms with E-state index in [1.807, 2.05) is 6.92 Å². The molecule has 1 rings (SSSR count). The number of esters is 1. The predicted molar refractivity (Wildman–Crippen MR) is 48.2 cm³/mol. The molecular weight excluding hydrogens is 168 g/mol. The number of hydrogen-bond donors (Lipinski definition) is 0. The first-order valence-corrected chi connectivity index (χ1v) is 4.43. The van der Waals surface area contributed by atoms with Crippen molar-refractivity contribution in [2.45, 2.75) is 26.8 Å². The summed E-state index contributed by atoms with van der Waals surface area (Å²) in [6.45, 7) is 4.49. The third-order valence-electron chi connectivity index (χ3n) is 1.72. The van der Waals surface area contributed by atoms with Crippen LogP contribution in [0.2, 0.25) is 0 Å². The molecule has 0 atom stereocenters. The van der Waals surface area contributed by atoms with Gasteiger partial charge in [-0.3, -0.25) is 4.79 Å². The first-order chi connectivity index (χ1) is 6.27. The SMILES string of the molecule is CCOC(=O)Cn1ccnc1CC. The quantitative estimate of drug-likeness (QED) is 0.653. The number of hydrogen-bond acceptors (Lipinski definition) is 3. The summed E-state index contributed by atoms with van der Waals surface area (Å²) in [5.41, 5.74) is 0. The molecule has 0 amide bonds. The molecule has 0 aliphatic carbocycles. The van der Waals surface area contributed by atoms with Gasteiger partial charge in [-0.1, -0.05) is 6.92 Å². The highest BCUT2D eigenvalue weighted by molar-refractivity contribution is 5.69. The van der Waals surface area contributed by atoms with Crippen LogP contribution in [0.4, 0.5) is 0 Å². The summed E-state index contributed by atoms with van der Waals surface area (Å²) < 4.78 is 6.63. The van der Waals surface area contributed by atoms with Gasteiger partial charge < -0.3 is 9.30 Å². The van der Waals surface area contributed by atoms with E-state index in [0.717, 1.165) is 12.2 Å². The van der Waals surface area contributed by atoms with E-state index < -0.39 is 0 Å². The van der Waals surface area contributed by atoms with E-state index in [1.165, 1.54) is 0 Å². The van der Waals surface area contributed by atoms with Crippen molar-refractivity contribution in [3.05, 3.63) is 18.2 Å². The van der Waals surface area contributed by atoms with Gasteiger partial charge in [0, 0.05) is 18.8 Å². The number of carbonyl (C=O) groups excluding carboxylic acids is 1. The van der Waals surface area contributed by atoms with Gasteiger partial charge >= 0.3 is 5.97 Å². The van der Waals surface area contributed by atoms with Gasteiger partial charge in [0.15, 0.2) is 0 Å². The van der Waals surface area contributed by atoms with E-state index in [2.05, 4.69) is 4.98 Å². The van der Waals surface area contributed by atoms with Crippen LogP contribution in [0.15, 0.2) is 12.4 Å². The lowest BCUT2D eigenvalue weighted by Crippen LogP contribution is -2.14. The largest absolute Gasteiger partial charge is 0.465 e. The maximum Gasteiger partial charge on any atom is 0.325 e. The summed E-state index contributed by atoms with van der Waals surface area (Å²) in [7, 11) is 0. The molecule has 0 spiro atoms. The smallest absolute Gasteiger partial charge is 0.325 e. The first-order valence-electron chi connectivity index (χ1n) is 4.43. The minimum Gasteiger partial charge on any atom is -0.465 e. The van der Waals surface area contributed by atoms with Crippen LogP contribution in [0, 0.1) is 0 Å². The molecule has 72 valence electrons. The van der Waals surface area contributed by atoms with Gasteiger partial charge in [0.1, 0.15) is 12.4 Å². The maximum absolute atomic E-state index is 11.1. The highest BCUT2D eigenvalue weighted by atomic mass is 16.5. The zero-order valence-corrected chi connectivity index (χ0v) is 7.99. The van der Waals surface area contributed by atoms with Crippen molar-refractivity contribution < 1.29 is 9.53 Å². The summed E-state index contributed by atoms with van der Waals surface area (Å²) >= 11 is 0. The van der Waals surface area contributed by atoms with E-state index in [9.17, 15) is 4.79 Å². The molecule has 4 nitrogen and oxygen atoms in total. The Kier molecular flexibility index (Phi) is 3.49. The molecule has 1 aromatic rings. The van der Waals surface area contributed by atoms with Gasteiger partial charge in [0.05, 0.1) is 6.61 Å². The van der Waals surface area contributed by atoms with E-state index in [-0.39, 0.29) is 12.5 Å². The van der Waals surface area contributed by atoms with Gasteiger partial charge in [-0.25, -0.2) is 4.98 Å². The number of aromatic nitrogens is 2. The summed E-state index contributed by atoms with van der Waals surface area (Å²) in [4.78, 5) is 15.2. The molecule has 1 heterocycles. The van der Waals surface area contributed by atoms with Crippen molar-refractivity contribution in [3.8, 4) is 0 Å². The van der Waals surface area contributed by atoms with Gasteiger partial charge in [0.25, 0.3) is 0 Å². The Morgan fingerprint density at radius 1 is 1.62 bits per heavy atom. The molecule has 13 heavy (non-hydrogen) atoms. The van der Waals surface area contributed by atoms with Crippen molar-refractivity contribution >= 4 is 5.97 Å². The molecule has 0 aliphatic heterocycles. The summed E-state index contributed by atoms with van der Waals surface area (Å²) in [5, 5.41) is 0. The molecule has 0 radical (unpaired) electrons. The maximum atomic E-state index is 11.1. The van der Waals surface area contributed by atoms with Crippen LogP contribution in [-0.2, 0) is 22.5 Å². The Morgan fingerprint density at radius 3 is 3.00 bits per heavy atom. The van der Waals surface area contributed by atoms with E-state index >= 15 is 0 Å². The summed E-state index contributed by atoms with van der Waals surface area (Å²) in [5.74, 6) is 0.697. The van der Waals surface area contributed by atoms with Gasteiger partial charge in [-0.15, -0.1) is 0 Å². The average Bonchev–Trinajstić information content (AvgIpc) is 2.52. The molecule has 0 saturated carbocycles. The third kappa shape index (κ3) is 2.57. The van der Waals surface area contributed by atoms with Gasteiger partial charge in [-0.2, -0.15) is 0 Å². The van der Waals surface area contributed by atoms with E-state index in [0.29, 0.717) is 6.61 Å². The fourth-order valence-corrected chi connectivity index (χ4v) is 1.14. The second-order valence-electron chi connectivity index (χ2n) is 2.63. The Balaban J connectivity index is 2.57. The Bertz CT molecular complexity index is 281. The lowest BCUT2D eigenvalue weighted by Gasteiger charge is -2.05. The van der Waals surface area contributed by atoms with Crippen LogP contribution in [0.25, 0.3) is 0 Å². The molecule has 0 bridgehead atoms. The molecule has 0 N–H and O–H groups in total. The highest BCUT2D eigenvalue weighted by Gasteiger charge is 2.05. The van der Waals surface area contributed by atoms with Gasteiger partial charge in [-0.05, 0) is 6.92 Å². The average molecular weight is 182 g/mol. The van der Waals surface area contributed by atoms with E-state index in [4.69, 9.17) is 4.74 Å².